The van der Waals surface area contributed by atoms with E-state index in [2.05, 4.69) is 0 Å². The summed E-state index contributed by atoms with van der Waals surface area (Å²) in [5.74, 6) is -0.144. The van der Waals surface area contributed by atoms with Crippen LogP contribution < -0.4 is 4.74 Å². The lowest BCUT2D eigenvalue weighted by molar-refractivity contribution is -0.114. The molecule has 13 heavy (non-hydrogen) atoms. The van der Waals surface area contributed by atoms with Crippen LogP contribution in [0.3, 0.4) is 0 Å². The molecule has 0 bridgehead atoms. The second-order valence-electron chi connectivity index (χ2n) is 3.06. The minimum atomic E-state index is -0.482. The smallest absolute Gasteiger partial charge is 0.165 e. The minimum absolute atomic E-state index is 0.242. The monoisotopic (exact) mass is 180 g/mol. The Hall–Kier alpha value is -1.38. The predicted molar refractivity (Wildman–Crippen MR) is 45.2 cm³/mol. The van der Waals surface area contributed by atoms with Crippen molar-refractivity contribution < 1.29 is 13.9 Å². The van der Waals surface area contributed by atoms with Gasteiger partial charge in [0, 0.05) is 0 Å². The normalized spacial score (nSPS) is 20.2. The summed E-state index contributed by atoms with van der Waals surface area (Å²) >= 11 is 0. The molecular formula is C10H9FO2. The van der Waals surface area contributed by atoms with E-state index in [-0.39, 0.29) is 11.6 Å². The summed E-state index contributed by atoms with van der Waals surface area (Å²) in [6.45, 7) is 0. The third-order valence-corrected chi connectivity index (χ3v) is 2.17. The number of hydrogen-bond donors (Lipinski definition) is 0. The van der Waals surface area contributed by atoms with E-state index in [1.54, 1.807) is 6.07 Å². The second-order valence-corrected chi connectivity index (χ2v) is 3.06. The Balaban J connectivity index is 2.37. The minimum Gasteiger partial charge on any atom is -0.480 e. The molecule has 1 atom stereocenters. The number of aldehydes is 1. The summed E-state index contributed by atoms with van der Waals surface area (Å²) in [5, 5.41) is 0. The first kappa shape index (κ1) is 8.23. The Labute approximate surface area is 75.3 Å². The number of aryl methyl sites for hydroxylation is 1. The maximum Gasteiger partial charge on any atom is 0.165 e. The summed E-state index contributed by atoms with van der Waals surface area (Å²) in [7, 11) is 0. The van der Waals surface area contributed by atoms with Crippen molar-refractivity contribution in [2.24, 2.45) is 0 Å². The third kappa shape index (κ3) is 1.41. The van der Waals surface area contributed by atoms with Crippen LogP contribution in [0.15, 0.2) is 18.2 Å². The SMILES string of the molecule is O=CC1CCc2cccc(F)c2O1. The summed E-state index contributed by atoms with van der Waals surface area (Å²) in [5.41, 5.74) is 0.845. The molecule has 0 N–H and O–H groups in total. The number of para-hydroxylation sites is 1. The van der Waals surface area contributed by atoms with E-state index in [0.29, 0.717) is 12.8 Å². The number of ether oxygens (including phenoxy) is 1. The van der Waals surface area contributed by atoms with Gasteiger partial charge in [0.25, 0.3) is 0 Å². The molecule has 0 radical (unpaired) electrons. The van der Waals surface area contributed by atoms with Gasteiger partial charge in [-0.3, -0.25) is 4.79 Å². The standard InChI is InChI=1S/C10H9FO2/c11-9-3-1-2-7-4-5-8(6-12)13-10(7)9/h1-3,6,8H,4-5H2. The molecule has 2 nitrogen and oxygen atoms in total. The summed E-state index contributed by atoms with van der Waals surface area (Å²) < 4.78 is 18.3. The molecule has 1 unspecified atom stereocenters. The van der Waals surface area contributed by atoms with Crippen LogP contribution in [0.1, 0.15) is 12.0 Å². The first-order chi connectivity index (χ1) is 6.31. The molecule has 2 rings (SSSR count). The topological polar surface area (TPSA) is 26.3 Å². The Morgan fingerprint density at radius 1 is 1.54 bits per heavy atom. The zero-order valence-electron chi connectivity index (χ0n) is 7.00. The van der Waals surface area contributed by atoms with Gasteiger partial charge in [0.15, 0.2) is 24.0 Å². The Morgan fingerprint density at radius 2 is 2.38 bits per heavy atom. The highest BCUT2D eigenvalue weighted by molar-refractivity contribution is 5.58. The molecule has 0 fully saturated rings. The molecule has 68 valence electrons. The largest absolute Gasteiger partial charge is 0.480 e. The molecule has 1 aromatic rings. The number of benzene rings is 1. The van der Waals surface area contributed by atoms with Crippen molar-refractivity contribution >= 4 is 6.29 Å². The molecule has 1 aliphatic rings. The highest BCUT2D eigenvalue weighted by Gasteiger charge is 2.21. The lowest BCUT2D eigenvalue weighted by Crippen LogP contribution is -2.24. The summed E-state index contributed by atoms with van der Waals surface area (Å²) in [6.07, 6.45) is 1.58. The Morgan fingerprint density at radius 3 is 3.15 bits per heavy atom. The van der Waals surface area contributed by atoms with Gasteiger partial charge in [0.1, 0.15) is 0 Å². The maximum absolute atomic E-state index is 13.1. The van der Waals surface area contributed by atoms with E-state index in [4.69, 9.17) is 4.74 Å². The van der Waals surface area contributed by atoms with Crippen molar-refractivity contribution in [2.45, 2.75) is 18.9 Å². The summed E-state index contributed by atoms with van der Waals surface area (Å²) in [4.78, 5) is 10.4. The Bertz CT molecular complexity index is 336. The van der Waals surface area contributed by atoms with Crippen molar-refractivity contribution in [2.75, 3.05) is 0 Å². The van der Waals surface area contributed by atoms with Crippen molar-refractivity contribution in [3.63, 3.8) is 0 Å². The van der Waals surface area contributed by atoms with Crippen LogP contribution in [0.5, 0.6) is 5.75 Å². The lowest BCUT2D eigenvalue weighted by Gasteiger charge is -2.22. The van der Waals surface area contributed by atoms with Gasteiger partial charge in [-0.15, -0.1) is 0 Å². The van der Waals surface area contributed by atoms with Gasteiger partial charge in [-0.25, -0.2) is 4.39 Å². The van der Waals surface area contributed by atoms with Crippen molar-refractivity contribution in [3.8, 4) is 5.75 Å². The number of fused-ring (bicyclic) bond motifs is 1. The first-order valence-electron chi connectivity index (χ1n) is 4.20. The summed E-state index contributed by atoms with van der Waals surface area (Å²) in [6, 6.07) is 4.81. The van der Waals surface area contributed by atoms with Crippen LogP contribution in [0, 0.1) is 5.82 Å². The third-order valence-electron chi connectivity index (χ3n) is 2.17. The fourth-order valence-corrected chi connectivity index (χ4v) is 1.49. The van der Waals surface area contributed by atoms with Crippen LogP contribution in [0.4, 0.5) is 4.39 Å². The molecule has 0 saturated heterocycles. The van der Waals surface area contributed by atoms with Gasteiger partial charge >= 0.3 is 0 Å². The maximum atomic E-state index is 13.1. The van der Waals surface area contributed by atoms with Crippen LogP contribution in [0.25, 0.3) is 0 Å². The van der Waals surface area contributed by atoms with E-state index in [0.717, 1.165) is 11.8 Å². The molecular weight excluding hydrogens is 171 g/mol. The van der Waals surface area contributed by atoms with Crippen LogP contribution >= 0.6 is 0 Å². The molecule has 1 aliphatic heterocycles. The number of halogens is 1. The fraction of sp³-hybridized carbons (Fsp3) is 0.300. The number of carbonyl (C=O) groups excluding carboxylic acids is 1. The molecule has 1 aromatic carbocycles. The highest BCUT2D eigenvalue weighted by atomic mass is 19.1. The van der Waals surface area contributed by atoms with Crippen LogP contribution in [-0.2, 0) is 11.2 Å². The molecule has 0 aliphatic carbocycles. The molecule has 3 heteroatoms. The zero-order valence-corrected chi connectivity index (χ0v) is 7.00. The number of rotatable bonds is 1. The van der Waals surface area contributed by atoms with Gasteiger partial charge in [-0.1, -0.05) is 12.1 Å². The van der Waals surface area contributed by atoms with Gasteiger partial charge < -0.3 is 4.74 Å². The average molecular weight is 180 g/mol. The second kappa shape index (κ2) is 3.17. The van der Waals surface area contributed by atoms with Crippen molar-refractivity contribution in [3.05, 3.63) is 29.6 Å². The van der Waals surface area contributed by atoms with Gasteiger partial charge in [0.2, 0.25) is 0 Å². The van der Waals surface area contributed by atoms with E-state index < -0.39 is 6.10 Å². The molecule has 0 saturated carbocycles. The molecule has 1 heterocycles. The lowest BCUT2D eigenvalue weighted by atomic mass is 10.0. The van der Waals surface area contributed by atoms with Gasteiger partial charge in [-0.05, 0) is 24.5 Å². The van der Waals surface area contributed by atoms with E-state index in [9.17, 15) is 9.18 Å². The molecule has 0 spiro atoms. The van der Waals surface area contributed by atoms with Gasteiger partial charge in [0.05, 0.1) is 0 Å². The van der Waals surface area contributed by atoms with E-state index >= 15 is 0 Å². The van der Waals surface area contributed by atoms with Crippen molar-refractivity contribution in [1.29, 1.82) is 0 Å². The Kier molecular flexibility index (Phi) is 2.00. The van der Waals surface area contributed by atoms with E-state index in [1.165, 1.54) is 6.07 Å². The van der Waals surface area contributed by atoms with Gasteiger partial charge in [-0.2, -0.15) is 0 Å². The quantitative estimate of drug-likeness (QED) is 0.615. The highest BCUT2D eigenvalue weighted by Crippen LogP contribution is 2.29. The van der Waals surface area contributed by atoms with Crippen LogP contribution in [-0.4, -0.2) is 12.4 Å². The zero-order chi connectivity index (χ0) is 9.26. The van der Waals surface area contributed by atoms with Crippen LogP contribution in [0.2, 0.25) is 0 Å². The molecule has 0 amide bonds. The van der Waals surface area contributed by atoms with E-state index in [1.807, 2.05) is 6.07 Å². The fourth-order valence-electron chi connectivity index (χ4n) is 1.49. The predicted octanol–water partition coefficient (Wildman–Crippen LogP) is 1.72. The number of carbonyl (C=O) groups is 1. The molecule has 0 aromatic heterocycles. The first-order valence-corrected chi connectivity index (χ1v) is 4.20. The number of hydrogen-bond acceptors (Lipinski definition) is 2. The average Bonchev–Trinajstić information content (AvgIpc) is 2.18. The van der Waals surface area contributed by atoms with Crippen molar-refractivity contribution in [1.82, 2.24) is 0 Å².